The van der Waals surface area contributed by atoms with Gasteiger partial charge in [-0.25, -0.2) is 0 Å². The van der Waals surface area contributed by atoms with Crippen molar-refractivity contribution in [2.45, 2.75) is 38.6 Å². The van der Waals surface area contributed by atoms with Crippen molar-refractivity contribution in [1.82, 2.24) is 0 Å². The molecule has 0 aromatic heterocycles. The zero-order valence-corrected chi connectivity index (χ0v) is 12.6. The first-order valence-corrected chi connectivity index (χ1v) is 7.89. The minimum absolute atomic E-state index is 0.605. The van der Waals surface area contributed by atoms with Gasteiger partial charge in [-0.15, -0.1) is 0 Å². The van der Waals surface area contributed by atoms with Gasteiger partial charge in [-0.05, 0) is 55.9 Å². The van der Waals surface area contributed by atoms with E-state index in [1.807, 2.05) is 42.5 Å². The number of para-hydroxylation sites is 1. The fourth-order valence-corrected chi connectivity index (χ4v) is 2.91. The molecule has 0 spiro atoms. The summed E-state index contributed by atoms with van der Waals surface area (Å²) in [6, 6.07) is 18.8. The Balaban J connectivity index is 1.63. The van der Waals surface area contributed by atoms with Crippen LogP contribution in [0.2, 0.25) is 0 Å². The summed E-state index contributed by atoms with van der Waals surface area (Å²) in [7, 11) is 0. The van der Waals surface area contributed by atoms with Crippen LogP contribution in [0.1, 0.15) is 32.6 Å². The van der Waals surface area contributed by atoms with E-state index in [1.54, 1.807) is 0 Å². The van der Waals surface area contributed by atoms with Crippen LogP contribution in [0.25, 0.3) is 0 Å². The van der Waals surface area contributed by atoms with Crippen LogP contribution in [0, 0.1) is 5.92 Å². The molecule has 0 radical (unpaired) electrons. The third-order valence-electron chi connectivity index (χ3n) is 4.20. The average Bonchev–Trinajstić information content (AvgIpc) is 2.51. The number of rotatable bonds is 4. The van der Waals surface area contributed by atoms with Crippen LogP contribution in [0.15, 0.2) is 54.6 Å². The molecule has 1 aliphatic carbocycles. The maximum Gasteiger partial charge on any atom is 0.129 e. The van der Waals surface area contributed by atoms with E-state index in [9.17, 15) is 0 Å². The summed E-state index contributed by atoms with van der Waals surface area (Å²) in [6.07, 6.45) is 5.20. The molecule has 0 atom stereocenters. The largest absolute Gasteiger partial charge is 0.457 e. The van der Waals surface area contributed by atoms with Gasteiger partial charge in [0.05, 0.1) is 0 Å². The number of nitrogens with one attached hydrogen (secondary N) is 1. The second-order valence-corrected chi connectivity index (χ2v) is 6.04. The first-order valence-electron chi connectivity index (χ1n) is 7.89. The van der Waals surface area contributed by atoms with Crippen LogP contribution >= 0.6 is 0 Å². The van der Waals surface area contributed by atoms with Crippen molar-refractivity contribution in [1.29, 1.82) is 0 Å². The summed E-state index contributed by atoms with van der Waals surface area (Å²) in [4.78, 5) is 0. The van der Waals surface area contributed by atoms with Gasteiger partial charge in [-0.3, -0.25) is 0 Å². The van der Waals surface area contributed by atoms with Gasteiger partial charge in [0, 0.05) is 17.8 Å². The topological polar surface area (TPSA) is 21.3 Å². The van der Waals surface area contributed by atoms with E-state index in [4.69, 9.17) is 4.74 Å². The fraction of sp³-hybridized carbons (Fsp3) is 0.368. The molecule has 0 bridgehead atoms. The maximum atomic E-state index is 5.89. The lowest BCUT2D eigenvalue weighted by Crippen LogP contribution is -2.25. The number of benzene rings is 2. The predicted octanol–water partition coefficient (Wildman–Crippen LogP) is 5.47. The number of hydrogen-bond acceptors (Lipinski definition) is 2. The Morgan fingerprint density at radius 1 is 0.857 bits per heavy atom. The highest BCUT2D eigenvalue weighted by molar-refractivity contribution is 5.49. The molecule has 2 aromatic carbocycles. The average molecular weight is 281 g/mol. The molecule has 2 aromatic rings. The van der Waals surface area contributed by atoms with Crippen LogP contribution in [0.4, 0.5) is 5.69 Å². The van der Waals surface area contributed by atoms with Crippen molar-refractivity contribution in [2.24, 2.45) is 5.92 Å². The van der Waals surface area contributed by atoms with Gasteiger partial charge in [0.2, 0.25) is 0 Å². The monoisotopic (exact) mass is 281 g/mol. The molecule has 3 rings (SSSR count). The van der Waals surface area contributed by atoms with E-state index in [2.05, 4.69) is 24.4 Å². The Bertz CT molecular complexity index is 559. The van der Waals surface area contributed by atoms with Gasteiger partial charge in [-0.2, -0.15) is 0 Å². The number of anilines is 1. The Morgan fingerprint density at radius 2 is 1.57 bits per heavy atom. The highest BCUT2D eigenvalue weighted by Crippen LogP contribution is 2.28. The lowest BCUT2D eigenvalue weighted by molar-refractivity contribution is 0.361. The normalized spacial score (nSPS) is 21.8. The molecule has 110 valence electrons. The molecular weight excluding hydrogens is 258 g/mol. The van der Waals surface area contributed by atoms with Gasteiger partial charge < -0.3 is 10.1 Å². The SMILES string of the molecule is CC1CCC(Nc2cccc(Oc3ccccc3)c2)CC1. The van der Waals surface area contributed by atoms with Crippen molar-refractivity contribution in [3.05, 3.63) is 54.6 Å². The minimum atomic E-state index is 0.605. The Kier molecular flexibility index (Phi) is 4.44. The van der Waals surface area contributed by atoms with Crippen molar-refractivity contribution in [3.63, 3.8) is 0 Å². The molecule has 1 fully saturated rings. The van der Waals surface area contributed by atoms with Crippen LogP contribution in [-0.4, -0.2) is 6.04 Å². The van der Waals surface area contributed by atoms with Crippen molar-refractivity contribution >= 4 is 5.69 Å². The van der Waals surface area contributed by atoms with E-state index >= 15 is 0 Å². The predicted molar refractivity (Wildman–Crippen MR) is 88.0 cm³/mol. The molecule has 1 saturated carbocycles. The van der Waals surface area contributed by atoms with Gasteiger partial charge in [-0.1, -0.05) is 31.2 Å². The lowest BCUT2D eigenvalue weighted by atomic mass is 9.87. The fourth-order valence-electron chi connectivity index (χ4n) is 2.91. The molecule has 0 aliphatic heterocycles. The summed E-state index contributed by atoms with van der Waals surface area (Å²) >= 11 is 0. The highest BCUT2D eigenvalue weighted by Gasteiger charge is 2.17. The van der Waals surface area contributed by atoms with E-state index in [-0.39, 0.29) is 0 Å². The third-order valence-corrected chi connectivity index (χ3v) is 4.20. The van der Waals surface area contributed by atoms with E-state index < -0.39 is 0 Å². The van der Waals surface area contributed by atoms with E-state index in [0.29, 0.717) is 6.04 Å². The molecule has 21 heavy (non-hydrogen) atoms. The summed E-state index contributed by atoms with van der Waals surface area (Å²) in [5.41, 5.74) is 1.16. The Labute approximate surface area is 127 Å². The smallest absolute Gasteiger partial charge is 0.129 e. The first-order chi connectivity index (χ1) is 10.3. The summed E-state index contributed by atoms with van der Waals surface area (Å²) in [5, 5.41) is 3.65. The second kappa shape index (κ2) is 6.66. The molecule has 2 heteroatoms. The Morgan fingerprint density at radius 3 is 2.33 bits per heavy atom. The van der Waals surface area contributed by atoms with Gasteiger partial charge in [0.15, 0.2) is 0 Å². The third kappa shape index (κ3) is 4.01. The molecule has 1 N–H and O–H groups in total. The molecule has 0 unspecified atom stereocenters. The van der Waals surface area contributed by atoms with Crippen molar-refractivity contribution in [2.75, 3.05) is 5.32 Å². The van der Waals surface area contributed by atoms with Crippen molar-refractivity contribution in [3.8, 4) is 11.5 Å². The minimum Gasteiger partial charge on any atom is -0.457 e. The van der Waals surface area contributed by atoms with Gasteiger partial charge >= 0.3 is 0 Å². The van der Waals surface area contributed by atoms with Crippen LogP contribution < -0.4 is 10.1 Å². The molecule has 0 amide bonds. The van der Waals surface area contributed by atoms with Gasteiger partial charge in [0.1, 0.15) is 11.5 Å². The standard InChI is InChI=1S/C19H23NO/c1-15-10-12-16(13-11-15)20-17-6-5-9-19(14-17)21-18-7-3-2-4-8-18/h2-9,14-16,20H,10-13H2,1H3. The molecule has 0 saturated heterocycles. The quantitative estimate of drug-likeness (QED) is 0.802. The molecular formula is C19H23NO. The summed E-state index contributed by atoms with van der Waals surface area (Å²) in [5.74, 6) is 2.65. The van der Waals surface area contributed by atoms with E-state index in [0.717, 1.165) is 23.1 Å². The summed E-state index contributed by atoms with van der Waals surface area (Å²) < 4.78 is 5.89. The number of hydrogen-bond donors (Lipinski definition) is 1. The van der Waals surface area contributed by atoms with Crippen LogP contribution in [-0.2, 0) is 0 Å². The Hall–Kier alpha value is -1.96. The molecule has 2 nitrogen and oxygen atoms in total. The maximum absolute atomic E-state index is 5.89. The first kappa shape index (κ1) is 14.0. The molecule has 1 aliphatic rings. The highest BCUT2D eigenvalue weighted by atomic mass is 16.5. The number of ether oxygens (including phenoxy) is 1. The van der Waals surface area contributed by atoms with Crippen LogP contribution in [0.5, 0.6) is 11.5 Å². The summed E-state index contributed by atoms with van der Waals surface area (Å²) in [6.45, 7) is 2.35. The van der Waals surface area contributed by atoms with E-state index in [1.165, 1.54) is 25.7 Å². The zero-order chi connectivity index (χ0) is 14.5. The van der Waals surface area contributed by atoms with Crippen molar-refractivity contribution < 1.29 is 4.74 Å². The molecule has 0 heterocycles. The zero-order valence-electron chi connectivity index (χ0n) is 12.6. The lowest BCUT2D eigenvalue weighted by Gasteiger charge is -2.27. The van der Waals surface area contributed by atoms with Gasteiger partial charge in [0.25, 0.3) is 0 Å². The van der Waals surface area contributed by atoms with Crippen LogP contribution in [0.3, 0.4) is 0 Å². The second-order valence-electron chi connectivity index (χ2n) is 6.04.